The Kier molecular flexibility index (Phi) is 4.47. The molecule has 0 aliphatic carbocycles. The molecule has 4 aromatic carbocycles. The van der Waals surface area contributed by atoms with Crippen molar-refractivity contribution in [3.8, 4) is 23.1 Å². The number of hydrogen-bond acceptors (Lipinski definition) is 5. The lowest BCUT2D eigenvalue weighted by molar-refractivity contribution is 0.102. The first kappa shape index (κ1) is 19.0. The molecule has 2 aromatic heterocycles. The molecule has 0 spiro atoms. The number of hydrogen-bond donors (Lipinski definition) is 1. The van der Waals surface area contributed by atoms with Gasteiger partial charge in [0.15, 0.2) is 5.76 Å². The second-order valence-corrected chi connectivity index (χ2v) is 7.62. The average Bonchev–Trinajstić information content (AvgIpc) is 3.53. The number of carbonyl (C=O) groups excluding carboxylic acids is 1. The zero-order valence-corrected chi connectivity index (χ0v) is 17.4. The van der Waals surface area contributed by atoms with Crippen molar-refractivity contribution < 1.29 is 13.6 Å². The number of furan rings is 1. The summed E-state index contributed by atoms with van der Waals surface area (Å²) >= 11 is 0. The second kappa shape index (κ2) is 7.76. The lowest BCUT2D eigenvalue weighted by atomic mass is 10.1. The maximum Gasteiger partial charge on any atom is 0.283 e. The number of anilines is 1. The van der Waals surface area contributed by atoms with E-state index in [1.54, 1.807) is 24.3 Å². The van der Waals surface area contributed by atoms with Crippen LogP contribution < -0.4 is 5.32 Å². The SMILES string of the molecule is O=C(Nc1ccc(-c2nnc(-c3cc4c(ccc5ccccc54)o3)o2)cc1)c1ccccc1. The van der Waals surface area contributed by atoms with Crippen LogP contribution >= 0.6 is 0 Å². The van der Waals surface area contributed by atoms with Crippen LogP contribution in [0.3, 0.4) is 0 Å². The molecule has 6 nitrogen and oxygen atoms in total. The van der Waals surface area contributed by atoms with Gasteiger partial charge in [-0.1, -0.05) is 48.5 Å². The molecular weight excluding hydrogens is 414 g/mol. The van der Waals surface area contributed by atoms with Crippen molar-refractivity contribution in [3.05, 3.63) is 103 Å². The lowest BCUT2D eigenvalue weighted by Gasteiger charge is -2.05. The van der Waals surface area contributed by atoms with Gasteiger partial charge in [0.1, 0.15) is 5.58 Å². The highest BCUT2D eigenvalue weighted by atomic mass is 16.4. The number of benzene rings is 4. The first-order valence-electron chi connectivity index (χ1n) is 10.5. The van der Waals surface area contributed by atoms with Crippen LogP contribution in [0.1, 0.15) is 10.4 Å². The number of nitrogens with one attached hydrogen (secondary N) is 1. The molecule has 6 aromatic rings. The van der Waals surface area contributed by atoms with Gasteiger partial charge in [0.05, 0.1) is 0 Å². The number of aromatic nitrogens is 2. The minimum Gasteiger partial charge on any atom is -0.451 e. The topological polar surface area (TPSA) is 81.2 Å². The van der Waals surface area contributed by atoms with Crippen LogP contribution in [0.4, 0.5) is 5.69 Å². The highest BCUT2D eigenvalue weighted by Crippen LogP contribution is 2.33. The molecule has 6 rings (SSSR count). The first-order valence-corrected chi connectivity index (χ1v) is 10.5. The Morgan fingerprint density at radius 2 is 1.45 bits per heavy atom. The van der Waals surface area contributed by atoms with Gasteiger partial charge in [0, 0.05) is 22.2 Å². The molecule has 158 valence electrons. The average molecular weight is 431 g/mol. The van der Waals surface area contributed by atoms with E-state index < -0.39 is 0 Å². The van der Waals surface area contributed by atoms with Crippen molar-refractivity contribution in [1.29, 1.82) is 0 Å². The molecule has 0 aliphatic rings. The van der Waals surface area contributed by atoms with E-state index >= 15 is 0 Å². The molecule has 0 saturated heterocycles. The van der Waals surface area contributed by atoms with Crippen LogP contribution in [-0.4, -0.2) is 16.1 Å². The van der Waals surface area contributed by atoms with Gasteiger partial charge >= 0.3 is 0 Å². The van der Waals surface area contributed by atoms with Crippen molar-refractivity contribution in [2.24, 2.45) is 0 Å². The third kappa shape index (κ3) is 3.53. The summed E-state index contributed by atoms with van der Waals surface area (Å²) in [5.74, 6) is 1.04. The van der Waals surface area contributed by atoms with Crippen LogP contribution in [0, 0.1) is 0 Å². The summed E-state index contributed by atoms with van der Waals surface area (Å²) < 4.78 is 11.9. The van der Waals surface area contributed by atoms with Gasteiger partial charge in [0.2, 0.25) is 5.89 Å². The number of rotatable bonds is 4. The van der Waals surface area contributed by atoms with Crippen LogP contribution in [0.25, 0.3) is 44.8 Å². The quantitative estimate of drug-likeness (QED) is 0.342. The Morgan fingerprint density at radius 1 is 0.697 bits per heavy atom. The summed E-state index contributed by atoms with van der Waals surface area (Å²) in [5.41, 5.74) is 2.79. The van der Waals surface area contributed by atoms with Crippen molar-refractivity contribution in [2.75, 3.05) is 5.32 Å². The molecule has 6 heteroatoms. The molecule has 0 radical (unpaired) electrons. The summed E-state index contributed by atoms with van der Waals surface area (Å²) in [6, 6.07) is 30.4. The van der Waals surface area contributed by atoms with E-state index in [1.165, 1.54) is 0 Å². The summed E-state index contributed by atoms with van der Waals surface area (Å²) in [4.78, 5) is 12.3. The van der Waals surface area contributed by atoms with E-state index in [2.05, 4.69) is 27.6 Å². The third-order valence-electron chi connectivity index (χ3n) is 5.49. The van der Waals surface area contributed by atoms with Gasteiger partial charge < -0.3 is 14.2 Å². The predicted octanol–water partition coefficient (Wildman–Crippen LogP) is 6.56. The van der Waals surface area contributed by atoms with Gasteiger partial charge in [-0.2, -0.15) is 0 Å². The van der Waals surface area contributed by atoms with Gasteiger partial charge in [-0.3, -0.25) is 4.79 Å². The minimum absolute atomic E-state index is 0.166. The largest absolute Gasteiger partial charge is 0.451 e. The summed E-state index contributed by atoms with van der Waals surface area (Å²) in [6.45, 7) is 0. The fraction of sp³-hybridized carbons (Fsp3) is 0. The van der Waals surface area contributed by atoms with E-state index in [0.29, 0.717) is 28.8 Å². The fourth-order valence-electron chi connectivity index (χ4n) is 3.83. The Morgan fingerprint density at radius 3 is 2.30 bits per heavy atom. The maximum absolute atomic E-state index is 12.3. The number of nitrogens with zero attached hydrogens (tertiary/aromatic N) is 2. The molecule has 0 fully saturated rings. The molecule has 33 heavy (non-hydrogen) atoms. The zero-order chi connectivity index (χ0) is 22.2. The summed E-state index contributed by atoms with van der Waals surface area (Å²) in [6.07, 6.45) is 0. The van der Waals surface area contributed by atoms with Gasteiger partial charge in [-0.15, -0.1) is 10.2 Å². The monoisotopic (exact) mass is 431 g/mol. The lowest BCUT2D eigenvalue weighted by Crippen LogP contribution is -2.11. The predicted molar refractivity (Wildman–Crippen MR) is 127 cm³/mol. The molecule has 0 saturated carbocycles. The van der Waals surface area contributed by atoms with E-state index in [-0.39, 0.29) is 5.91 Å². The zero-order valence-electron chi connectivity index (χ0n) is 17.4. The fourth-order valence-corrected chi connectivity index (χ4v) is 3.83. The second-order valence-electron chi connectivity index (χ2n) is 7.62. The third-order valence-corrected chi connectivity index (χ3v) is 5.49. The molecule has 1 amide bonds. The van der Waals surface area contributed by atoms with Crippen LogP contribution in [0.2, 0.25) is 0 Å². The number of fused-ring (bicyclic) bond motifs is 3. The van der Waals surface area contributed by atoms with E-state index in [0.717, 1.165) is 27.3 Å². The molecule has 0 atom stereocenters. The van der Waals surface area contributed by atoms with Crippen molar-refractivity contribution in [2.45, 2.75) is 0 Å². The number of carbonyl (C=O) groups is 1. The Balaban J connectivity index is 1.25. The first-order chi connectivity index (χ1) is 16.2. The molecule has 0 aliphatic heterocycles. The highest BCUT2D eigenvalue weighted by Gasteiger charge is 2.16. The highest BCUT2D eigenvalue weighted by molar-refractivity contribution is 6.07. The van der Waals surface area contributed by atoms with Gasteiger partial charge in [0.25, 0.3) is 11.8 Å². The van der Waals surface area contributed by atoms with Crippen molar-refractivity contribution in [3.63, 3.8) is 0 Å². The van der Waals surface area contributed by atoms with Crippen molar-refractivity contribution in [1.82, 2.24) is 10.2 Å². The summed E-state index contributed by atoms with van der Waals surface area (Å²) in [5, 5.41) is 14.5. The maximum atomic E-state index is 12.3. The van der Waals surface area contributed by atoms with Gasteiger partial charge in [-0.25, -0.2) is 0 Å². The van der Waals surface area contributed by atoms with E-state index in [4.69, 9.17) is 8.83 Å². The van der Waals surface area contributed by atoms with Crippen LogP contribution in [0.15, 0.2) is 106 Å². The Bertz CT molecular complexity index is 1600. The van der Waals surface area contributed by atoms with Crippen LogP contribution in [-0.2, 0) is 0 Å². The standard InChI is InChI=1S/C27H17N3O3/c31-25(18-7-2-1-3-8-18)28-20-13-10-19(11-14-20)26-29-30-27(33-26)24-16-22-21-9-5-4-6-17(21)12-15-23(22)32-24/h1-16H,(H,28,31). The normalized spacial score (nSPS) is 11.2. The van der Waals surface area contributed by atoms with E-state index in [1.807, 2.05) is 60.7 Å². The van der Waals surface area contributed by atoms with Crippen molar-refractivity contribution >= 4 is 33.3 Å². The summed E-state index contributed by atoms with van der Waals surface area (Å²) in [7, 11) is 0. The number of amides is 1. The van der Waals surface area contributed by atoms with Crippen LogP contribution in [0.5, 0.6) is 0 Å². The molecule has 0 bridgehead atoms. The van der Waals surface area contributed by atoms with E-state index in [9.17, 15) is 4.79 Å². The molecular formula is C27H17N3O3. The minimum atomic E-state index is -0.166. The van der Waals surface area contributed by atoms with Gasteiger partial charge in [-0.05, 0) is 59.3 Å². The molecule has 0 unspecified atom stereocenters. The Labute approximate surface area is 188 Å². The Hall–Kier alpha value is -4.71. The molecule has 2 heterocycles. The molecule has 1 N–H and O–H groups in total. The smallest absolute Gasteiger partial charge is 0.283 e.